The van der Waals surface area contributed by atoms with E-state index in [0.717, 1.165) is 38.5 Å². The van der Waals surface area contributed by atoms with Gasteiger partial charge in [0.05, 0.1) is 12.7 Å². The lowest BCUT2D eigenvalue weighted by molar-refractivity contribution is -0.250. The first-order valence-electron chi connectivity index (χ1n) is 17.8. The molecule has 0 aliphatic heterocycles. The number of hydrogen-bond acceptors (Lipinski definition) is 4. The van der Waals surface area contributed by atoms with Gasteiger partial charge in [-0.3, -0.25) is 4.79 Å². The summed E-state index contributed by atoms with van der Waals surface area (Å²) in [5, 5.41) is 13.9. The van der Waals surface area contributed by atoms with E-state index >= 15 is 0 Å². The maximum absolute atomic E-state index is 13.5. The Bertz CT molecular complexity index is 1120. The number of esters is 1. The van der Waals surface area contributed by atoms with Crippen LogP contribution in [0.15, 0.2) is 12.2 Å². The second kappa shape index (κ2) is 11.2. The first kappa shape index (κ1) is 33.0. The summed E-state index contributed by atoms with van der Waals surface area (Å²) < 4.78 is 6.26. The molecule has 5 fully saturated rings. The van der Waals surface area contributed by atoms with Crippen molar-refractivity contribution in [2.45, 2.75) is 145 Å². The predicted molar refractivity (Wildman–Crippen MR) is 173 cm³/mol. The summed E-state index contributed by atoms with van der Waals surface area (Å²) in [6, 6.07) is -0.590. The SMILES string of the molecule is C=C(C)[C@@H]1CC[C@]2(COC(=O)C(NC(C)=O)C(C)CC)CC[C@]3(C)C(CC[C@@H]4[C@@]5(C)CC[C@H](O)C(C)(C)[C@@H]5CC[C@]43C)[C@@H]12. The zero-order valence-electron chi connectivity index (χ0n) is 29.0. The highest BCUT2D eigenvalue weighted by Gasteiger charge is 2.71. The van der Waals surface area contributed by atoms with Crippen LogP contribution in [-0.2, 0) is 14.3 Å². The van der Waals surface area contributed by atoms with Gasteiger partial charge in [0.1, 0.15) is 6.04 Å². The van der Waals surface area contributed by atoms with E-state index in [2.05, 4.69) is 60.4 Å². The van der Waals surface area contributed by atoms with E-state index in [1.54, 1.807) is 0 Å². The first-order chi connectivity index (χ1) is 20.0. The highest BCUT2D eigenvalue weighted by molar-refractivity contribution is 5.83. The molecule has 0 aromatic rings. The summed E-state index contributed by atoms with van der Waals surface area (Å²) in [6.07, 6.45) is 12.2. The summed E-state index contributed by atoms with van der Waals surface area (Å²) in [7, 11) is 0. The van der Waals surface area contributed by atoms with E-state index in [9.17, 15) is 14.7 Å². The van der Waals surface area contributed by atoms with Gasteiger partial charge < -0.3 is 15.2 Å². The number of allylic oxidation sites excluding steroid dienone is 1. The van der Waals surface area contributed by atoms with Crippen LogP contribution in [-0.4, -0.2) is 35.7 Å². The molecule has 43 heavy (non-hydrogen) atoms. The Labute approximate surface area is 262 Å². The molecule has 0 aromatic heterocycles. The number of amides is 1. The monoisotopic (exact) mass is 597 g/mol. The number of carbonyl (C=O) groups is 2. The van der Waals surface area contributed by atoms with Crippen LogP contribution >= 0.6 is 0 Å². The van der Waals surface area contributed by atoms with Crippen molar-refractivity contribution in [1.82, 2.24) is 5.32 Å². The fourth-order valence-electron chi connectivity index (χ4n) is 12.7. The number of hydrogen-bond donors (Lipinski definition) is 2. The molecule has 0 bridgehead atoms. The molecule has 5 heteroatoms. The van der Waals surface area contributed by atoms with Crippen molar-refractivity contribution in [3.05, 3.63) is 12.2 Å². The lowest BCUT2D eigenvalue weighted by Gasteiger charge is -2.73. The average Bonchev–Trinajstić information content (AvgIpc) is 3.33. The van der Waals surface area contributed by atoms with Gasteiger partial charge in [0.15, 0.2) is 0 Å². The Morgan fingerprint density at radius 3 is 2.23 bits per heavy atom. The topological polar surface area (TPSA) is 75.6 Å². The quantitative estimate of drug-likeness (QED) is 0.230. The van der Waals surface area contributed by atoms with E-state index in [-0.39, 0.29) is 51.0 Å². The second-order valence-corrected chi connectivity index (χ2v) is 17.6. The van der Waals surface area contributed by atoms with Crippen LogP contribution in [0.5, 0.6) is 0 Å². The van der Waals surface area contributed by atoms with Gasteiger partial charge in [-0.05, 0) is 128 Å². The molecule has 3 unspecified atom stereocenters. The van der Waals surface area contributed by atoms with Gasteiger partial charge in [-0.25, -0.2) is 4.79 Å². The maximum atomic E-state index is 13.5. The minimum atomic E-state index is -0.590. The molecule has 0 radical (unpaired) electrons. The Morgan fingerprint density at radius 2 is 1.60 bits per heavy atom. The number of aliphatic hydroxyl groups excluding tert-OH is 1. The molecule has 5 aliphatic rings. The van der Waals surface area contributed by atoms with Gasteiger partial charge >= 0.3 is 5.97 Å². The molecule has 0 spiro atoms. The molecule has 5 nitrogen and oxygen atoms in total. The third kappa shape index (κ3) is 4.87. The van der Waals surface area contributed by atoms with Crippen LogP contribution in [0.25, 0.3) is 0 Å². The molecule has 0 saturated heterocycles. The minimum Gasteiger partial charge on any atom is -0.464 e. The van der Waals surface area contributed by atoms with E-state index in [1.165, 1.54) is 44.6 Å². The van der Waals surface area contributed by atoms with Crippen LogP contribution in [0.4, 0.5) is 0 Å². The van der Waals surface area contributed by atoms with E-state index in [4.69, 9.17) is 4.74 Å². The summed E-state index contributed by atoms with van der Waals surface area (Å²) in [5.74, 6) is 2.37. The molecular formula is C38H63NO4. The third-order valence-electron chi connectivity index (χ3n) is 15.5. The van der Waals surface area contributed by atoms with E-state index in [0.29, 0.717) is 36.2 Å². The largest absolute Gasteiger partial charge is 0.464 e. The molecule has 5 rings (SSSR count). The first-order valence-corrected chi connectivity index (χ1v) is 17.8. The molecule has 0 heterocycles. The van der Waals surface area contributed by atoms with Crippen molar-refractivity contribution in [1.29, 1.82) is 0 Å². The highest BCUT2D eigenvalue weighted by Crippen LogP contribution is 2.77. The predicted octanol–water partition coefficient (Wildman–Crippen LogP) is 8.10. The van der Waals surface area contributed by atoms with Crippen molar-refractivity contribution in [2.75, 3.05) is 6.61 Å². The van der Waals surface area contributed by atoms with E-state index < -0.39 is 6.04 Å². The summed E-state index contributed by atoms with van der Waals surface area (Å²) in [6.45, 7) is 25.3. The van der Waals surface area contributed by atoms with Crippen molar-refractivity contribution >= 4 is 11.9 Å². The van der Waals surface area contributed by atoms with Gasteiger partial charge in [-0.15, -0.1) is 0 Å². The fraction of sp³-hybridized carbons (Fsp3) is 0.895. The van der Waals surface area contributed by atoms with E-state index in [1.807, 2.05) is 6.92 Å². The van der Waals surface area contributed by atoms with Crippen LogP contribution in [0.1, 0.15) is 133 Å². The molecular weight excluding hydrogens is 534 g/mol. The Morgan fingerprint density at radius 1 is 0.907 bits per heavy atom. The lowest BCUT2D eigenvalue weighted by atomic mass is 9.32. The Hall–Kier alpha value is -1.36. The summed E-state index contributed by atoms with van der Waals surface area (Å²) >= 11 is 0. The number of nitrogens with one attached hydrogen (secondary N) is 1. The smallest absolute Gasteiger partial charge is 0.328 e. The Kier molecular flexibility index (Phi) is 8.57. The molecule has 5 saturated carbocycles. The number of aliphatic hydroxyl groups is 1. The number of fused-ring (bicyclic) bond motifs is 7. The van der Waals surface area contributed by atoms with Crippen molar-refractivity contribution in [2.24, 2.45) is 62.6 Å². The Balaban J connectivity index is 1.44. The van der Waals surface area contributed by atoms with Crippen molar-refractivity contribution in [3.63, 3.8) is 0 Å². The fourth-order valence-corrected chi connectivity index (χ4v) is 12.7. The zero-order valence-corrected chi connectivity index (χ0v) is 29.0. The molecule has 12 atom stereocenters. The maximum Gasteiger partial charge on any atom is 0.328 e. The normalized spacial score (nSPS) is 46.3. The molecule has 1 amide bonds. The van der Waals surface area contributed by atoms with Gasteiger partial charge in [0.25, 0.3) is 0 Å². The van der Waals surface area contributed by atoms with Crippen molar-refractivity contribution < 1.29 is 19.4 Å². The van der Waals surface area contributed by atoms with Crippen LogP contribution < -0.4 is 5.32 Å². The number of ether oxygens (including phenoxy) is 1. The summed E-state index contributed by atoms with van der Waals surface area (Å²) in [5.41, 5.74) is 2.02. The van der Waals surface area contributed by atoms with Gasteiger partial charge in [0, 0.05) is 12.3 Å². The standard InChI is InChI=1S/C38H63NO4/c1-11-24(4)32(39-25(5)40)33(42)43-22-38-19-14-26(23(2)3)31(38)27-12-13-29-35(8)17-16-30(41)34(6,7)28(35)15-18-37(29,10)36(27,9)20-21-38/h24,26-32,41H,2,11-22H2,1,3-10H3,(H,39,40)/t24?,26-,27?,28-,29+,30-,31+,32?,35-,36+,37+,38+/m0/s1. The van der Waals surface area contributed by atoms with Gasteiger partial charge in [-0.1, -0.05) is 67.0 Å². The third-order valence-corrected chi connectivity index (χ3v) is 15.5. The van der Waals surface area contributed by atoms with Crippen LogP contribution in [0, 0.1) is 62.6 Å². The van der Waals surface area contributed by atoms with Crippen LogP contribution in [0.2, 0.25) is 0 Å². The number of carbonyl (C=O) groups excluding carboxylic acids is 2. The molecule has 2 N–H and O–H groups in total. The zero-order chi connectivity index (χ0) is 31.8. The lowest BCUT2D eigenvalue weighted by Crippen LogP contribution is -2.66. The molecule has 0 aromatic carbocycles. The van der Waals surface area contributed by atoms with Gasteiger partial charge in [-0.2, -0.15) is 0 Å². The van der Waals surface area contributed by atoms with Crippen LogP contribution in [0.3, 0.4) is 0 Å². The average molecular weight is 598 g/mol. The molecule has 244 valence electrons. The summed E-state index contributed by atoms with van der Waals surface area (Å²) in [4.78, 5) is 25.4. The van der Waals surface area contributed by atoms with Crippen molar-refractivity contribution in [3.8, 4) is 0 Å². The second-order valence-electron chi connectivity index (χ2n) is 17.6. The number of rotatable bonds is 7. The minimum absolute atomic E-state index is 0.0130. The highest BCUT2D eigenvalue weighted by atomic mass is 16.5. The van der Waals surface area contributed by atoms with Gasteiger partial charge in [0.2, 0.25) is 5.91 Å². The molecule has 5 aliphatic carbocycles.